The van der Waals surface area contributed by atoms with E-state index in [1.165, 1.54) is 10.6 Å². The minimum absolute atomic E-state index is 0.273. The topological polar surface area (TPSA) is 72.6 Å². The van der Waals surface area contributed by atoms with Gasteiger partial charge in [0.25, 0.3) is 0 Å². The van der Waals surface area contributed by atoms with Crippen molar-refractivity contribution in [1.82, 2.24) is 4.31 Å². The molecule has 0 aromatic heterocycles. The molecule has 0 aliphatic carbocycles. The molecule has 0 aromatic carbocycles. The fourth-order valence-electron chi connectivity index (χ4n) is 1.03. The highest BCUT2D eigenvalue weighted by molar-refractivity contribution is 7.88. The summed E-state index contributed by atoms with van der Waals surface area (Å²) in [5.74, 6) is 5.10. The van der Waals surface area contributed by atoms with Crippen LogP contribution in [-0.2, 0) is 14.9 Å². The average molecular weight is 180 g/mol. The number of nitrogens with zero attached hydrogens (tertiary/aromatic N) is 1. The molecule has 66 valence electrons. The summed E-state index contributed by atoms with van der Waals surface area (Å²) in [7, 11) is -2.98. The van der Waals surface area contributed by atoms with E-state index in [0.717, 1.165) is 0 Å². The first-order valence-corrected chi connectivity index (χ1v) is 5.15. The predicted octanol–water partition coefficient (Wildman–Crippen LogP) is -1.23. The summed E-state index contributed by atoms with van der Waals surface area (Å²) in [5, 5.41) is 0. The number of nitrogens with two attached hydrogens (primary N) is 1. The Balaban J connectivity index is 2.30. The van der Waals surface area contributed by atoms with Gasteiger partial charge < -0.3 is 4.84 Å². The number of hydrogen-bond acceptors (Lipinski definition) is 4. The molecular formula is C5H12N2O3S. The third-order valence-corrected chi connectivity index (χ3v) is 2.96. The maximum atomic E-state index is 10.8. The van der Waals surface area contributed by atoms with Crippen molar-refractivity contribution < 1.29 is 13.3 Å². The van der Waals surface area contributed by atoms with E-state index in [1.807, 2.05) is 0 Å². The molecule has 0 radical (unpaired) electrons. The Bertz CT molecular complexity index is 220. The van der Waals surface area contributed by atoms with Crippen LogP contribution in [0, 0.1) is 5.92 Å². The van der Waals surface area contributed by atoms with Crippen molar-refractivity contribution in [2.24, 2.45) is 11.8 Å². The molecule has 1 heterocycles. The van der Waals surface area contributed by atoms with Crippen LogP contribution < -0.4 is 5.90 Å². The smallest absolute Gasteiger partial charge is 0.211 e. The van der Waals surface area contributed by atoms with Crippen molar-refractivity contribution >= 4 is 10.0 Å². The van der Waals surface area contributed by atoms with Gasteiger partial charge in [0.1, 0.15) is 0 Å². The van der Waals surface area contributed by atoms with Gasteiger partial charge in [-0.2, -0.15) is 0 Å². The van der Waals surface area contributed by atoms with Gasteiger partial charge in [-0.05, 0) is 0 Å². The van der Waals surface area contributed by atoms with Gasteiger partial charge >= 0.3 is 0 Å². The molecular weight excluding hydrogens is 168 g/mol. The van der Waals surface area contributed by atoms with Crippen LogP contribution in [0.3, 0.4) is 0 Å². The zero-order valence-electron chi connectivity index (χ0n) is 6.36. The lowest BCUT2D eigenvalue weighted by Gasteiger charge is -2.36. The Hall–Kier alpha value is -0.170. The highest BCUT2D eigenvalue weighted by Crippen LogP contribution is 2.17. The minimum Gasteiger partial charge on any atom is -0.304 e. The van der Waals surface area contributed by atoms with Crippen molar-refractivity contribution in [3.8, 4) is 0 Å². The highest BCUT2D eigenvalue weighted by Gasteiger charge is 2.32. The Morgan fingerprint density at radius 3 is 2.55 bits per heavy atom. The summed E-state index contributed by atoms with van der Waals surface area (Å²) in [6, 6.07) is 0. The van der Waals surface area contributed by atoms with Crippen LogP contribution in [0.5, 0.6) is 0 Å². The van der Waals surface area contributed by atoms with Crippen LogP contribution in [0.2, 0.25) is 0 Å². The largest absolute Gasteiger partial charge is 0.304 e. The van der Waals surface area contributed by atoms with Gasteiger partial charge in [-0.15, -0.1) is 0 Å². The second-order valence-corrected chi connectivity index (χ2v) is 4.76. The van der Waals surface area contributed by atoms with Gasteiger partial charge in [-0.1, -0.05) is 0 Å². The Kier molecular flexibility index (Phi) is 2.48. The molecule has 1 rings (SSSR count). The fourth-order valence-corrected chi connectivity index (χ4v) is 2.00. The predicted molar refractivity (Wildman–Crippen MR) is 40.0 cm³/mol. The van der Waals surface area contributed by atoms with Crippen molar-refractivity contribution in [2.45, 2.75) is 0 Å². The van der Waals surface area contributed by atoms with Crippen molar-refractivity contribution in [2.75, 3.05) is 26.0 Å². The van der Waals surface area contributed by atoms with E-state index in [-0.39, 0.29) is 5.92 Å². The lowest BCUT2D eigenvalue weighted by Crippen LogP contribution is -2.51. The van der Waals surface area contributed by atoms with Gasteiger partial charge in [0.2, 0.25) is 10.0 Å². The van der Waals surface area contributed by atoms with Crippen LogP contribution in [0.4, 0.5) is 0 Å². The maximum absolute atomic E-state index is 10.8. The molecule has 2 N–H and O–H groups in total. The lowest BCUT2D eigenvalue weighted by molar-refractivity contribution is 0.0510. The zero-order chi connectivity index (χ0) is 8.48. The van der Waals surface area contributed by atoms with Gasteiger partial charge in [-0.3, -0.25) is 0 Å². The van der Waals surface area contributed by atoms with E-state index in [4.69, 9.17) is 5.90 Å². The second-order valence-electron chi connectivity index (χ2n) is 2.78. The molecule has 0 atom stereocenters. The minimum atomic E-state index is -2.98. The molecule has 0 aromatic rings. The van der Waals surface area contributed by atoms with Gasteiger partial charge in [-0.25, -0.2) is 18.6 Å². The molecule has 0 bridgehead atoms. The Morgan fingerprint density at radius 1 is 1.64 bits per heavy atom. The molecule has 1 saturated heterocycles. The van der Waals surface area contributed by atoms with Crippen molar-refractivity contribution in [3.05, 3.63) is 0 Å². The first kappa shape index (κ1) is 8.92. The molecule has 5 nitrogen and oxygen atoms in total. The summed E-state index contributed by atoms with van der Waals surface area (Å²) >= 11 is 0. The number of rotatable bonds is 3. The maximum Gasteiger partial charge on any atom is 0.211 e. The Morgan fingerprint density at radius 2 is 2.18 bits per heavy atom. The molecule has 1 fully saturated rings. The SMILES string of the molecule is CS(=O)(=O)N1CC(CON)C1. The summed E-state index contributed by atoms with van der Waals surface area (Å²) in [6.07, 6.45) is 1.20. The van der Waals surface area contributed by atoms with E-state index in [1.54, 1.807) is 0 Å². The Labute approximate surface area is 66.1 Å². The summed E-state index contributed by atoms with van der Waals surface area (Å²) in [4.78, 5) is 4.39. The molecule has 0 unspecified atom stereocenters. The average Bonchev–Trinajstić information content (AvgIpc) is 1.74. The van der Waals surface area contributed by atoms with Gasteiger partial charge in [0, 0.05) is 19.0 Å². The zero-order valence-corrected chi connectivity index (χ0v) is 7.17. The van der Waals surface area contributed by atoms with E-state index in [9.17, 15) is 8.42 Å². The molecule has 6 heteroatoms. The standard InChI is InChI=1S/C5H12N2O3S/c1-11(8,9)7-2-5(3-7)4-10-6/h5H,2-4,6H2,1H3. The van der Waals surface area contributed by atoms with E-state index in [2.05, 4.69) is 4.84 Å². The van der Waals surface area contributed by atoms with Crippen LogP contribution >= 0.6 is 0 Å². The number of hydrogen-bond donors (Lipinski definition) is 1. The van der Waals surface area contributed by atoms with Crippen LogP contribution in [0.25, 0.3) is 0 Å². The molecule has 11 heavy (non-hydrogen) atoms. The summed E-state index contributed by atoms with van der Waals surface area (Å²) in [5.41, 5.74) is 0. The lowest BCUT2D eigenvalue weighted by atomic mass is 10.1. The molecule has 1 aliphatic heterocycles. The van der Waals surface area contributed by atoms with Crippen LogP contribution in [0.15, 0.2) is 0 Å². The molecule has 0 saturated carbocycles. The van der Waals surface area contributed by atoms with Crippen molar-refractivity contribution in [1.29, 1.82) is 0 Å². The van der Waals surface area contributed by atoms with E-state index >= 15 is 0 Å². The van der Waals surface area contributed by atoms with Crippen LogP contribution in [-0.4, -0.2) is 38.7 Å². The van der Waals surface area contributed by atoms with E-state index < -0.39 is 10.0 Å². The highest BCUT2D eigenvalue weighted by atomic mass is 32.2. The normalized spacial score (nSPS) is 21.6. The first-order chi connectivity index (χ1) is 5.04. The molecule has 0 amide bonds. The summed E-state index contributed by atoms with van der Waals surface area (Å²) < 4.78 is 23.0. The third-order valence-electron chi connectivity index (χ3n) is 1.72. The third kappa shape index (κ3) is 2.13. The quantitative estimate of drug-likeness (QED) is 0.552. The van der Waals surface area contributed by atoms with Crippen molar-refractivity contribution in [3.63, 3.8) is 0 Å². The van der Waals surface area contributed by atoms with E-state index in [0.29, 0.717) is 19.7 Å². The molecule has 0 spiro atoms. The molecule has 1 aliphatic rings. The summed E-state index contributed by atoms with van der Waals surface area (Å²) in [6.45, 7) is 1.51. The number of sulfonamides is 1. The van der Waals surface area contributed by atoms with Crippen LogP contribution in [0.1, 0.15) is 0 Å². The first-order valence-electron chi connectivity index (χ1n) is 3.31. The van der Waals surface area contributed by atoms with Gasteiger partial charge in [0.15, 0.2) is 0 Å². The second kappa shape index (κ2) is 3.06. The fraction of sp³-hybridized carbons (Fsp3) is 1.00. The van der Waals surface area contributed by atoms with Gasteiger partial charge in [0.05, 0.1) is 12.9 Å². The monoisotopic (exact) mass is 180 g/mol.